The van der Waals surface area contributed by atoms with Gasteiger partial charge < -0.3 is 14.8 Å². The van der Waals surface area contributed by atoms with Gasteiger partial charge in [0.05, 0.1) is 40.3 Å². The minimum absolute atomic E-state index is 0.100. The van der Waals surface area contributed by atoms with Crippen LogP contribution in [0.15, 0.2) is 72.3 Å². The number of carbonyl (C=O) groups excluding carboxylic acids is 2. The molecule has 1 aromatic heterocycles. The number of ketones is 1. The Labute approximate surface area is 204 Å². The molecule has 1 saturated heterocycles. The van der Waals surface area contributed by atoms with Gasteiger partial charge in [0.25, 0.3) is 5.78 Å². The SMILES string of the molecule is COc1c(Cl)cc(Cl)cc1/C(O)=C1\C(=O)C(=O)N(c2nc3ccccc3[nH]2)C1c1ccccc1. The quantitative estimate of drug-likeness (QED) is 0.222. The first kappa shape index (κ1) is 22.0. The molecule has 0 radical (unpaired) electrons. The van der Waals surface area contributed by atoms with Crippen LogP contribution in [0.4, 0.5) is 5.95 Å². The van der Waals surface area contributed by atoms with Crippen molar-refractivity contribution < 1.29 is 19.4 Å². The number of aliphatic hydroxyl groups is 1. The van der Waals surface area contributed by atoms with Crippen LogP contribution in [0.3, 0.4) is 0 Å². The summed E-state index contributed by atoms with van der Waals surface area (Å²) in [4.78, 5) is 35.5. The number of ether oxygens (including phenoxy) is 1. The van der Waals surface area contributed by atoms with Crippen LogP contribution < -0.4 is 9.64 Å². The molecule has 3 aromatic carbocycles. The maximum atomic E-state index is 13.3. The number of carbonyl (C=O) groups is 2. The number of aliphatic hydroxyl groups excluding tert-OH is 1. The highest BCUT2D eigenvalue weighted by atomic mass is 35.5. The molecule has 0 bridgehead atoms. The molecule has 1 amide bonds. The monoisotopic (exact) mass is 493 g/mol. The van der Waals surface area contributed by atoms with Crippen molar-refractivity contribution in [2.75, 3.05) is 12.0 Å². The van der Waals surface area contributed by atoms with Crippen LogP contribution in [-0.4, -0.2) is 33.9 Å². The van der Waals surface area contributed by atoms with Gasteiger partial charge in [0, 0.05) is 5.02 Å². The first-order chi connectivity index (χ1) is 16.4. The fourth-order valence-electron chi connectivity index (χ4n) is 4.14. The van der Waals surface area contributed by atoms with Crippen LogP contribution in [0.25, 0.3) is 16.8 Å². The molecule has 1 aliphatic rings. The lowest BCUT2D eigenvalue weighted by atomic mass is 9.95. The van der Waals surface area contributed by atoms with Gasteiger partial charge in [0.1, 0.15) is 11.5 Å². The largest absolute Gasteiger partial charge is 0.507 e. The van der Waals surface area contributed by atoms with E-state index in [1.54, 1.807) is 30.3 Å². The van der Waals surface area contributed by atoms with Gasteiger partial charge in [0.2, 0.25) is 5.95 Å². The number of benzene rings is 3. The molecule has 9 heteroatoms. The van der Waals surface area contributed by atoms with Crippen molar-refractivity contribution in [1.82, 2.24) is 9.97 Å². The van der Waals surface area contributed by atoms with Gasteiger partial charge >= 0.3 is 5.91 Å². The molecule has 34 heavy (non-hydrogen) atoms. The van der Waals surface area contributed by atoms with Gasteiger partial charge in [0.15, 0.2) is 0 Å². The Bertz CT molecular complexity index is 1450. The van der Waals surface area contributed by atoms with E-state index in [0.29, 0.717) is 16.6 Å². The van der Waals surface area contributed by atoms with Crippen molar-refractivity contribution in [1.29, 1.82) is 0 Å². The lowest BCUT2D eigenvalue weighted by Crippen LogP contribution is -2.30. The van der Waals surface area contributed by atoms with E-state index in [0.717, 1.165) is 0 Å². The number of halogens is 2. The molecule has 5 rings (SSSR count). The van der Waals surface area contributed by atoms with Crippen molar-refractivity contribution >= 4 is 57.6 Å². The number of hydrogen-bond donors (Lipinski definition) is 2. The van der Waals surface area contributed by atoms with E-state index in [1.165, 1.54) is 24.1 Å². The molecule has 0 saturated carbocycles. The molecule has 1 fully saturated rings. The van der Waals surface area contributed by atoms with Gasteiger partial charge in [-0.05, 0) is 29.8 Å². The summed E-state index contributed by atoms with van der Waals surface area (Å²) in [5, 5.41) is 11.7. The zero-order chi connectivity index (χ0) is 24.0. The molecule has 2 heterocycles. The van der Waals surface area contributed by atoms with E-state index in [9.17, 15) is 14.7 Å². The summed E-state index contributed by atoms with van der Waals surface area (Å²) >= 11 is 12.4. The van der Waals surface area contributed by atoms with E-state index >= 15 is 0 Å². The van der Waals surface area contributed by atoms with Crippen LogP contribution in [0.5, 0.6) is 5.75 Å². The number of amides is 1. The molecule has 7 nitrogen and oxygen atoms in total. The number of rotatable bonds is 4. The molecule has 1 atom stereocenters. The Hall–Kier alpha value is -3.81. The number of aromatic amines is 1. The lowest BCUT2D eigenvalue weighted by molar-refractivity contribution is -0.132. The van der Waals surface area contributed by atoms with Crippen molar-refractivity contribution in [3.05, 3.63) is 93.5 Å². The minimum Gasteiger partial charge on any atom is -0.507 e. The van der Waals surface area contributed by atoms with Crippen LogP contribution in [0, 0.1) is 0 Å². The van der Waals surface area contributed by atoms with Crippen molar-refractivity contribution in [3.63, 3.8) is 0 Å². The Morgan fingerprint density at radius 3 is 2.47 bits per heavy atom. The Morgan fingerprint density at radius 2 is 1.76 bits per heavy atom. The average molecular weight is 494 g/mol. The van der Waals surface area contributed by atoms with E-state index in [4.69, 9.17) is 27.9 Å². The van der Waals surface area contributed by atoms with Crippen LogP contribution >= 0.6 is 23.2 Å². The highest BCUT2D eigenvalue weighted by Crippen LogP contribution is 2.44. The minimum atomic E-state index is -0.954. The summed E-state index contributed by atoms with van der Waals surface area (Å²) in [5.41, 5.74) is 1.91. The van der Waals surface area contributed by atoms with E-state index < -0.39 is 23.5 Å². The maximum absolute atomic E-state index is 13.3. The molecule has 1 unspecified atom stereocenters. The summed E-state index contributed by atoms with van der Waals surface area (Å²) in [5.74, 6) is -1.84. The van der Waals surface area contributed by atoms with Gasteiger partial charge in [-0.2, -0.15) is 0 Å². The van der Waals surface area contributed by atoms with Crippen molar-refractivity contribution in [2.45, 2.75) is 6.04 Å². The van der Waals surface area contributed by atoms with Crippen LogP contribution in [0.1, 0.15) is 17.2 Å². The second-order valence-corrected chi connectivity index (χ2v) is 8.47. The second kappa shape index (κ2) is 8.52. The Kier molecular flexibility index (Phi) is 5.51. The molecule has 1 aliphatic heterocycles. The third kappa shape index (κ3) is 3.50. The Morgan fingerprint density at radius 1 is 1.06 bits per heavy atom. The third-order valence-corrected chi connectivity index (χ3v) is 6.13. The molecular weight excluding hydrogens is 477 g/mol. The summed E-state index contributed by atoms with van der Waals surface area (Å²) < 4.78 is 5.35. The predicted octanol–water partition coefficient (Wildman–Crippen LogP) is 5.50. The number of imidazole rings is 1. The average Bonchev–Trinajstić information content (AvgIpc) is 3.37. The fourth-order valence-corrected chi connectivity index (χ4v) is 4.71. The molecular formula is C25H17Cl2N3O4. The van der Waals surface area contributed by atoms with Gasteiger partial charge in [-0.15, -0.1) is 0 Å². The number of anilines is 1. The summed E-state index contributed by atoms with van der Waals surface area (Å²) in [6.07, 6.45) is 0. The zero-order valence-electron chi connectivity index (χ0n) is 17.8. The molecule has 2 N–H and O–H groups in total. The van der Waals surface area contributed by atoms with Crippen molar-refractivity contribution in [2.24, 2.45) is 0 Å². The summed E-state index contributed by atoms with van der Waals surface area (Å²) in [7, 11) is 1.38. The van der Waals surface area contributed by atoms with E-state index in [1.807, 2.05) is 24.3 Å². The van der Waals surface area contributed by atoms with E-state index in [-0.39, 0.29) is 32.9 Å². The molecule has 0 aliphatic carbocycles. The number of Topliss-reactive ketones (excluding diaryl/α,β-unsaturated/α-hetero) is 1. The Balaban J connectivity index is 1.77. The third-order valence-electron chi connectivity index (χ3n) is 5.63. The number of nitrogens with zero attached hydrogens (tertiary/aromatic N) is 2. The lowest BCUT2D eigenvalue weighted by Gasteiger charge is -2.23. The maximum Gasteiger partial charge on any atom is 0.302 e. The first-order valence-electron chi connectivity index (χ1n) is 10.2. The standard InChI is InChI=1S/C25H17Cl2N3O4/c1-34-23-15(11-14(26)12-16(23)27)21(31)19-20(13-7-3-2-4-8-13)30(24(33)22(19)32)25-28-17-9-5-6-10-18(17)29-25/h2-12,20,31H,1H3,(H,28,29)/b21-19+. The first-order valence-corrected chi connectivity index (χ1v) is 11.0. The van der Waals surface area contributed by atoms with Gasteiger partial charge in [-0.1, -0.05) is 65.7 Å². The fraction of sp³-hybridized carbons (Fsp3) is 0.0800. The number of aromatic nitrogens is 2. The summed E-state index contributed by atoms with van der Waals surface area (Å²) in [6, 6.07) is 18.1. The molecule has 0 spiro atoms. The topological polar surface area (TPSA) is 95.5 Å². The zero-order valence-corrected chi connectivity index (χ0v) is 19.3. The van der Waals surface area contributed by atoms with Crippen molar-refractivity contribution in [3.8, 4) is 5.75 Å². The number of fused-ring (bicyclic) bond motifs is 1. The van der Waals surface area contributed by atoms with Crippen LogP contribution in [-0.2, 0) is 9.59 Å². The highest BCUT2D eigenvalue weighted by molar-refractivity contribution is 6.51. The number of hydrogen-bond acceptors (Lipinski definition) is 5. The van der Waals surface area contributed by atoms with Crippen LogP contribution in [0.2, 0.25) is 10.0 Å². The normalized spacial score (nSPS) is 17.5. The number of para-hydroxylation sites is 2. The smallest absolute Gasteiger partial charge is 0.302 e. The molecule has 170 valence electrons. The number of H-pyrrole nitrogens is 1. The molecule has 4 aromatic rings. The van der Waals surface area contributed by atoms with E-state index in [2.05, 4.69) is 9.97 Å². The number of methoxy groups -OCH3 is 1. The second-order valence-electron chi connectivity index (χ2n) is 7.63. The highest BCUT2D eigenvalue weighted by Gasteiger charge is 2.48. The predicted molar refractivity (Wildman–Crippen MR) is 130 cm³/mol. The van der Waals surface area contributed by atoms with Gasteiger partial charge in [-0.25, -0.2) is 4.98 Å². The summed E-state index contributed by atoms with van der Waals surface area (Å²) in [6.45, 7) is 0. The number of nitrogens with one attached hydrogen (secondary N) is 1. The van der Waals surface area contributed by atoms with Gasteiger partial charge in [-0.3, -0.25) is 14.5 Å².